The monoisotopic (exact) mass is 522 g/mol. The van der Waals surface area contributed by atoms with Gasteiger partial charge in [0.15, 0.2) is 11.5 Å². The minimum atomic E-state index is -2.94. The van der Waals surface area contributed by atoms with Gasteiger partial charge < -0.3 is 19.1 Å². The number of piperidine rings is 1. The molecule has 2 aromatic carbocycles. The van der Waals surface area contributed by atoms with Gasteiger partial charge in [-0.2, -0.15) is 0 Å². The molecular formula is C27H30N4O5S. The second-order valence-corrected chi connectivity index (χ2v) is 11.6. The summed E-state index contributed by atoms with van der Waals surface area (Å²) in [6, 6.07) is 13.3. The second kappa shape index (κ2) is 10.9. The molecule has 0 aliphatic carbocycles. The Balaban J connectivity index is 1.27. The van der Waals surface area contributed by atoms with Crippen molar-refractivity contribution in [2.75, 3.05) is 45.4 Å². The van der Waals surface area contributed by atoms with E-state index in [2.05, 4.69) is 19.9 Å². The molecule has 0 radical (unpaired) electrons. The summed E-state index contributed by atoms with van der Waals surface area (Å²) in [5.74, 6) is 2.85. The fourth-order valence-corrected chi connectivity index (χ4v) is 5.08. The Hall–Kier alpha value is -3.50. The summed E-state index contributed by atoms with van der Waals surface area (Å²) in [7, 11) is -1.34. The Labute approximate surface area is 216 Å². The first-order valence-electron chi connectivity index (χ1n) is 12.3. The van der Waals surface area contributed by atoms with Crippen LogP contribution in [0.2, 0.25) is 0 Å². The molecule has 0 bridgehead atoms. The predicted molar refractivity (Wildman–Crippen MR) is 142 cm³/mol. The second-order valence-electron chi connectivity index (χ2n) is 9.38. The number of rotatable bonds is 9. The number of aromatic nitrogens is 3. The van der Waals surface area contributed by atoms with Gasteiger partial charge in [0.25, 0.3) is 0 Å². The van der Waals surface area contributed by atoms with Gasteiger partial charge in [-0.1, -0.05) is 6.07 Å². The molecule has 1 saturated heterocycles. The van der Waals surface area contributed by atoms with Crippen LogP contribution in [-0.4, -0.2) is 73.6 Å². The highest BCUT2D eigenvalue weighted by molar-refractivity contribution is 7.90. The first-order chi connectivity index (χ1) is 17.9. The number of sulfone groups is 1. The summed E-state index contributed by atoms with van der Waals surface area (Å²) in [4.78, 5) is 15.4. The number of ether oxygens (including phenoxy) is 3. The number of fused-ring (bicyclic) bond motifs is 2. The van der Waals surface area contributed by atoms with Crippen molar-refractivity contribution in [3.63, 3.8) is 0 Å². The quantitative estimate of drug-likeness (QED) is 0.321. The van der Waals surface area contributed by atoms with E-state index in [1.54, 1.807) is 13.3 Å². The SMILES string of the molecule is COc1cc2c(Oc3ccc4cccnc4c3)ncnc2cc1OCC1CCN(CCS(C)(=O)=O)CC1. The lowest BCUT2D eigenvalue weighted by molar-refractivity contribution is 0.144. The van der Waals surface area contributed by atoms with Gasteiger partial charge in [-0.15, -0.1) is 0 Å². The van der Waals surface area contributed by atoms with E-state index in [9.17, 15) is 8.42 Å². The summed E-state index contributed by atoms with van der Waals surface area (Å²) in [5.41, 5.74) is 1.53. The summed E-state index contributed by atoms with van der Waals surface area (Å²) in [5, 5.41) is 1.75. The lowest BCUT2D eigenvalue weighted by Crippen LogP contribution is -2.38. The van der Waals surface area contributed by atoms with Crippen molar-refractivity contribution in [2.45, 2.75) is 12.8 Å². The van der Waals surface area contributed by atoms with Crippen LogP contribution in [0.25, 0.3) is 21.8 Å². The molecule has 0 N–H and O–H groups in total. The molecule has 0 amide bonds. The van der Waals surface area contributed by atoms with E-state index in [0.717, 1.165) is 36.8 Å². The third-order valence-corrected chi connectivity index (χ3v) is 7.56. The zero-order valence-electron chi connectivity index (χ0n) is 21.0. The van der Waals surface area contributed by atoms with E-state index in [-0.39, 0.29) is 5.75 Å². The lowest BCUT2D eigenvalue weighted by atomic mass is 9.98. The highest BCUT2D eigenvalue weighted by Crippen LogP contribution is 2.37. The largest absolute Gasteiger partial charge is 0.493 e. The Morgan fingerprint density at radius 2 is 1.84 bits per heavy atom. The molecule has 2 aromatic heterocycles. The van der Waals surface area contributed by atoms with Crippen molar-refractivity contribution in [3.8, 4) is 23.1 Å². The summed E-state index contributed by atoms with van der Waals surface area (Å²) < 4.78 is 40.8. The Morgan fingerprint density at radius 1 is 1.00 bits per heavy atom. The van der Waals surface area contributed by atoms with Crippen LogP contribution < -0.4 is 14.2 Å². The zero-order valence-corrected chi connectivity index (χ0v) is 21.8. The first-order valence-corrected chi connectivity index (χ1v) is 14.3. The molecule has 1 aliphatic rings. The molecule has 1 fully saturated rings. The van der Waals surface area contributed by atoms with Crippen molar-refractivity contribution >= 4 is 31.6 Å². The van der Waals surface area contributed by atoms with Crippen LogP contribution in [0, 0.1) is 5.92 Å². The van der Waals surface area contributed by atoms with Crippen LogP contribution in [-0.2, 0) is 9.84 Å². The van der Waals surface area contributed by atoms with Crippen LogP contribution in [0.15, 0.2) is 55.0 Å². The van der Waals surface area contributed by atoms with Crippen molar-refractivity contribution in [2.24, 2.45) is 5.92 Å². The lowest BCUT2D eigenvalue weighted by Gasteiger charge is -2.31. The standard InChI is InChI=1S/C27H30N4O5S/c1-34-25-15-22-24(16-26(25)35-17-19-7-10-31(11-8-19)12-13-37(2,32)33)29-18-30-27(22)36-21-6-5-20-4-3-9-28-23(20)14-21/h3-6,9,14-16,18-19H,7-8,10-13,17H2,1-2H3. The molecule has 3 heterocycles. The number of hydrogen-bond donors (Lipinski definition) is 0. The van der Waals surface area contributed by atoms with Gasteiger partial charge in [-0.3, -0.25) is 4.98 Å². The molecule has 9 nitrogen and oxygen atoms in total. The number of benzene rings is 2. The van der Waals surface area contributed by atoms with Gasteiger partial charge in [0.1, 0.15) is 21.9 Å². The maximum atomic E-state index is 11.4. The average molecular weight is 523 g/mol. The van der Waals surface area contributed by atoms with Gasteiger partial charge in [0.2, 0.25) is 5.88 Å². The Bertz CT molecular complexity index is 1500. The van der Waals surface area contributed by atoms with Crippen molar-refractivity contribution in [1.82, 2.24) is 19.9 Å². The van der Waals surface area contributed by atoms with Crippen LogP contribution in [0.1, 0.15) is 12.8 Å². The molecule has 0 saturated carbocycles. The van der Waals surface area contributed by atoms with E-state index in [1.807, 2.05) is 42.5 Å². The van der Waals surface area contributed by atoms with E-state index < -0.39 is 9.84 Å². The molecule has 1 aliphatic heterocycles. The number of pyridine rings is 1. The third-order valence-electron chi connectivity index (χ3n) is 6.64. The molecule has 0 unspecified atom stereocenters. The molecular weight excluding hydrogens is 492 g/mol. The normalized spacial score (nSPS) is 15.2. The van der Waals surface area contributed by atoms with Gasteiger partial charge in [0, 0.05) is 36.5 Å². The number of likely N-dealkylation sites (tertiary alicyclic amines) is 1. The van der Waals surface area contributed by atoms with Gasteiger partial charge in [-0.25, -0.2) is 18.4 Å². The Morgan fingerprint density at radius 3 is 2.62 bits per heavy atom. The molecule has 10 heteroatoms. The van der Waals surface area contributed by atoms with E-state index in [1.165, 1.54) is 12.6 Å². The minimum absolute atomic E-state index is 0.202. The molecule has 0 atom stereocenters. The zero-order chi connectivity index (χ0) is 25.8. The van der Waals surface area contributed by atoms with Crippen LogP contribution >= 0.6 is 0 Å². The average Bonchev–Trinajstić information content (AvgIpc) is 2.90. The van der Waals surface area contributed by atoms with E-state index in [4.69, 9.17) is 14.2 Å². The van der Waals surface area contributed by atoms with Gasteiger partial charge in [0.05, 0.1) is 35.9 Å². The summed E-state index contributed by atoms with van der Waals surface area (Å²) in [6.45, 7) is 2.89. The highest BCUT2D eigenvalue weighted by Gasteiger charge is 2.21. The summed E-state index contributed by atoms with van der Waals surface area (Å²) >= 11 is 0. The maximum Gasteiger partial charge on any atom is 0.230 e. The van der Waals surface area contributed by atoms with E-state index in [0.29, 0.717) is 53.1 Å². The fourth-order valence-electron chi connectivity index (χ4n) is 4.49. The number of methoxy groups -OCH3 is 1. The van der Waals surface area contributed by atoms with Gasteiger partial charge >= 0.3 is 0 Å². The number of hydrogen-bond acceptors (Lipinski definition) is 9. The number of nitrogens with zero attached hydrogens (tertiary/aromatic N) is 4. The summed E-state index contributed by atoms with van der Waals surface area (Å²) in [6.07, 6.45) is 6.42. The fraction of sp³-hybridized carbons (Fsp3) is 0.370. The molecule has 37 heavy (non-hydrogen) atoms. The molecule has 4 aromatic rings. The Kier molecular flexibility index (Phi) is 7.38. The minimum Gasteiger partial charge on any atom is -0.493 e. The van der Waals surface area contributed by atoms with Crippen LogP contribution in [0.4, 0.5) is 0 Å². The predicted octanol–water partition coefficient (Wildman–Crippen LogP) is 4.11. The first kappa shape index (κ1) is 25.2. The third kappa shape index (κ3) is 6.26. The smallest absolute Gasteiger partial charge is 0.230 e. The highest BCUT2D eigenvalue weighted by atomic mass is 32.2. The molecule has 5 rings (SSSR count). The van der Waals surface area contributed by atoms with Crippen molar-refractivity contribution < 1.29 is 22.6 Å². The van der Waals surface area contributed by atoms with Crippen LogP contribution in [0.3, 0.4) is 0 Å². The van der Waals surface area contributed by atoms with Crippen LogP contribution in [0.5, 0.6) is 23.1 Å². The van der Waals surface area contributed by atoms with E-state index >= 15 is 0 Å². The molecule has 0 spiro atoms. The topological polar surface area (TPSA) is 104 Å². The maximum absolute atomic E-state index is 11.4. The van der Waals surface area contributed by atoms with Crippen molar-refractivity contribution in [3.05, 3.63) is 55.0 Å². The van der Waals surface area contributed by atoms with Crippen molar-refractivity contribution in [1.29, 1.82) is 0 Å². The molecule has 194 valence electrons. The van der Waals surface area contributed by atoms with Gasteiger partial charge in [-0.05, 0) is 56.1 Å².